The highest BCUT2D eigenvalue weighted by molar-refractivity contribution is 7.97. The van der Waals surface area contributed by atoms with E-state index in [-0.39, 0.29) is 0 Å². The molecular formula is C15H15N3OS. The number of nitrogens with zero attached hydrogens (tertiary/aromatic N) is 3. The molecule has 3 aromatic rings. The van der Waals surface area contributed by atoms with E-state index in [2.05, 4.69) is 34.4 Å². The summed E-state index contributed by atoms with van der Waals surface area (Å²) in [5.74, 6) is 2.75. The van der Waals surface area contributed by atoms with Gasteiger partial charge in [0.25, 0.3) is 0 Å². The lowest BCUT2D eigenvalue weighted by molar-refractivity contribution is 0.391. The molecule has 0 spiro atoms. The predicted octanol–water partition coefficient (Wildman–Crippen LogP) is 3.60. The van der Waals surface area contributed by atoms with Crippen molar-refractivity contribution in [2.24, 2.45) is 0 Å². The molecule has 0 N–H and O–H groups in total. The van der Waals surface area contributed by atoms with E-state index in [4.69, 9.17) is 4.52 Å². The Morgan fingerprint density at radius 1 is 1.20 bits per heavy atom. The van der Waals surface area contributed by atoms with Crippen molar-refractivity contribution in [3.63, 3.8) is 0 Å². The average molecular weight is 285 g/mol. The van der Waals surface area contributed by atoms with Crippen LogP contribution in [-0.4, -0.2) is 14.7 Å². The number of aryl methyl sites for hydroxylation is 1. The molecule has 0 aliphatic heterocycles. The third-order valence-corrected chi connectivity index (χ3v) is 3.95. The first-order valence-electron chi connectivity index (χ1n) is 6.38. The minimum atomic E-state index is 0.851. The molecule has 5 heteroatoms. The Balaban J connectivity index is 1.56. The lowest BCUT2D eigenvalue weighted by atomic mass is 10.2. The summed E-state index contributed by atoms with van der Waals surface area (Å²) in [7, 11) is 0. The van der Waals surface area contributed by atoms with Crippen LogP contribution in [0.3, 0.4) is 0 Å². The summed E-state index contributed by atoms with van der Waals surface area (Å²) in [5, 5.41) is 3.89. The Labute approximate surface area is 121 Å². The van der Waals surface area contributed by atoms with E-state index < -0.39 is 0 Å². The lowest BCUT2D eigenvalue weighted by Gasteiger charge is -2.04. The Morgan fingerprint density at radius 2 is 2.05 bits per heavy atom. The smallest absolute Gasteiger partial charge is 0.146 e. The number of hydrogen-bond acceptors (Lipinski definition) is 4. The van der Waals surface area contributed by atoms with Gasteiger partial charge in [-0.05, 0) is 24.6 Å². The Kier molecular flexibility index (Phi) is 3.87. The zero-order valence-electron chi connectivity index (χ0n) is 11.2. The van der Waals surface area contributed by atoms with Crippen molar-refractivity contribution in [3.8, 4) is 5.69 Å². The van der Waals surface area contributed by atoms with E-state index in [0.717, 1.165) is 28.6 Å². The molecule has 2 heterocycles. The van der Waals surface area contributed by atoms with Crippen LogP contribution in [-0.2, 0) is 11.5 Å². The van der Waals surface area contributed by atoms with Crippen LogP contribution in [0.5, 0.6) is 0 Å². The molecule has 20 heavy (non-hydrogen) atoms. The SMILES string of the molecule is Cc1cc(CSCc2ccc(-n3ccnc3)cc2)on1. The van der Waals surface area contributed by atoms with Crippen LogP contribution in [0.4, 0.5) is 0 Å². The van der Waals surface area contributed by atoms with E-state index >= 15 is 0 Å². The van der Waals surface area contributed by atoms with Crippen LogP contribution in [0.15, 0.2) is 53.6 Å². The number of aromatic nitrogens is 3. The second kappa shape index (κ2) is 5.96. The van der Waals surface area contributed by atoms with Gasteiger partial charge in [-0.1, -0.05) is 17.3 Å². The first kappa shape index (κ1) is 13.0. The fraction of sp³-hybridized carbons (Fsp3) is 0.200. The maximum absolute atomic E-state index is 5.19. The van der Waals surface area contributed by atoms with Gasteiger partial charge in [0, 0.05) is 29.9 Å². The molecule has 0 bridgehead atoms. The van der Waals surface area contributed by atoms with Gasteiger partial charge in [-0.2, -0.15) is 0 Å². The van der Waals surface area contributed by atoms with Crippen molar-refractivity contribution in [1.82, 2.24) is 14.7 Å². The van der Waals surface area contributed by atoms with Gasteiger partial charge in [0.05, 0.1) is 17.8 Å². The van der Waals surface area contributed by atoms with Gasteiger partial charge in [0.2, 0.25) is 0 Å². The number of thioether (sulfide) groups is 1. The molecule has 0 radical (unpaired) electrons. The van der Waals surface area contributed by atoms with Crippen LogP contribution in [0, 0.1) is 6.92 Å². The Hall–Kier alpha value is -2.01. The van der Waals surface area contributed by atoms with Gasteiger partial charge >= 0.3 is 0 Å². The first-order valence-corrected chi connectivity index (χ1v) is 7.54. The molecule has 0 aliphatic rings. The molecule has 0 unspecified atom stereocenters. The number of rotatable bonds is 5. The molecule has 0 aliphatic carbocycles. The molecule has 0 saturated heterocycles. The highest BCUT2D eigenvalue weighted by Crippen LogP contribution is 2.19. The normalized spacial score (nSPS) is 10.8. The molecule has 4 nitrogen and oxygen atoms in total. The van der Waals surface area contributed by atoms with Crippen molar-refractivity contribution >= 4 is 11.8 Å². The van der Waals surface area contributed by atoms with Crippen LogP contribution in [0.2, 0.25) is 0 Å². The Morgan fingerprint density at radius 3 is 2.70 bits per heavy atom. The highest BCUT2D eigenvalue weighted by Gasteiger charge is 2.02. The molecule has 0 saturated carbocycles. The van der Waals surface area contributed by atoms with E-state index in [1.54, 1.807) is 12.5 Å². The minimum Gasteiger partial charge on any atom is -0.360 e. The minimum absolute atomic E-state index is 0.851. The van der Waals surface area contributed by atoms with E-state index in [1.165, 1.54) is 5.56 Å². The zero-order valence-corrected chi connectivity index (χ0v) is 12.0. The molecule has 0 fully saturated rings. The molecule has 102 valence electrons. The van der Waals surface area contributed by atoms with E-state index in [0.29, 0.717) is 0 Å². The summed E-state index contributed by atoms with van der Waals surface area (Å²) in [6, 6.07) is 10.5. The number of imidazole rings is 1. The van der Waals surface area contributed by atoms with Crippen LogP contribution < -0.4 is 0 Å². The van der Waals surface area contributed by atoms with Crippen molar-refractivity contribution < 1.29 is 4.52 Å². The number of hydrogen-bond donors (Lipinski definition) is 0. The maximum Gasteiger partial charge on any atom is 0.146 e. The van der Waals surface area contributed by atoms with E-state index in [9.17, 15) is 0 Å². The second-order valence-electron chi connectivity index (χ2n) is 4.56. The fourth-order valence-electron chi connectivity index (χ4n) is 1.93. The van der Waals surface area contributed by atoms with Crippen molar-refractivity contribution in [2.75, 3.05) is 0 Å². The summed E-state index contributed by atoms with van der Waals surface area (Å²) in [6.07, 6.45) is 5.52. The fourth-order valence-corrected chi connectivity index (χ4v) is 2.80. The average Bonchev–Trinajstić information content (AvgIpc) is 3.11. The largest absolute Gasteiger partial charge is 0.360 e. The molecule has 0 amide bonds. The van der Waals surface area contributed by atoms with Crippen LogP contribution in [0.1, 0.15) is 17.0 Å². The van der Waals surface area contributed by atoms with Crippen molar-refractivity contribution in [1.29, 1.82) is 0 Å². The monoisotopic (exact) mass is 285 g/mol. The molecule has 3 rings (SSSR count). The summed E-state index contributed by atoms with van der Waals surface area (Å²) in [5.41, 5.74) is 3.36. The van der Waals surface area contributed by atoms with Gasteiger partial charge in [-0.15, -0.1) is 11.8 Å². The summed E-state index contributed by atoms with van der Waals surface area (Å²) in [6.45, 7) is 1.94. The lowest BCUT2D eigenvalue weighted by Crippen LogP contribution is -1.90. The van der Waals surface area contributed by atoms with Gasteiger partial charge in [0.15, 0.2) is 0 Å². The van der Waals surface area contributed by atoms with Crippen molar-refractivity contribution in [3.05, 3.63) is 66.1 Å². The van der Waals surface area contributed by atoms with Crippen LogP contribution >= 0.6 is 11.8 Å². The quantitative estimate of drug-likeness (QED) is 0.718. The summed E-state index contributed by atoms with van der Waals surface area (Å²) < 4.78 is 7.18. The number of benzene rings is 1. The predicted molar refractivity (Wildman–Crippen MR) is 79.8 cm³/mol. The summed E-state index contributed by atoms with van der Waals surface area (Å²) in [4.78, 5) is 4.05. The topological polar surface area (TPSA) is 43.9 Å². The van der Waals surface area contributed by atoms with Gasteiger partial charge < -0.3 is 9.09 Å². The Bertz CT molecular complexity index is 659. The first-order chi connectivity index (χ1) is 9.81. The molecular weight excluding hydrogens is 270 g/mol. The second-order valence-corrected chi connectivity index (χ2v) is 5.55. The molecule has 0 atom stereocenters. The van der Waals surface area contributed by atoms with E-state index in [1.807, 2.05) is 35.5 Å². The van der Waals surface area contributed by atoms with Gasteiger partial charge in [-0.25, -0.2) is 4.98 Å². The maximum atomic E-state index is 5.19. The summed E-state index contributed by atoms with van der Waals surface area (Å²) >= 11 is 1.82. The van der Waals surface area contributed by atoms with Crippen molar-refractivity contribution in [2.45, 2.75) is 18.4 Å². The third-order valence-electron chi connectivity index (χ3n) is 2.93. The molecule has 2 aromatic heterocycles. The van der Waals surface area contributed by atoms with Gasteiger partial charge in [0.1, 0.15) is 5.76 Å². The highest BCUT2D eigenvalue weighted by atomic mass is 32.2. The third kappa shape index (κ3) is 3.11. The zero-order chi connectivity index (χ0) is 13.8. The molecule has 1 aromatic carbocycles. The van der Waals surface area contributed by atoms with Crippen LogP contribution in [0.25, 0.3) is 5.69 Å². The standard InChI is InChI=1S/C15H15N3OS/c1-12-8-15(19-17-12)10-20-9-13-2-4-14(5-3-13)18-7-6-16-11-18/h2-8,11H,9-10H2,1H3. The van der Waals surface area contributed by atoms with Gasteiger partial charge in [-0.3, -0.25) is 0 Å².